The summed E-state index contributed by atoms with van der Waals surface area (Å²) in [5.41, 5.74) is 2.97. The van der Waals surface area contributed by atoms with Gasteiger partial charge in [0.15, 0.2) is 0 Å². The minimum absolute atomic E-state index is 1.09. The van der Waals surface area contributed by atoms with Gasteiger partial charge in [-0.3, -0.25) is 0 Å². The van der Waals surface area contributed by atoms with Crippen LogP contribution in [0, 0.1) is 0 Å². The molecule has 0 saturated heterocycles. The Morgan fingerprint density at radius 3 is 0.909 bits per heavy atom. The van der Waals surface area contributed by atoms with E-state index in [0.717, 1.165) is 12.8 Å². The van der Waals surface area contributed by atoms with E-state index in [1.807, 2.05) is 27.7 Å². The zero-order valence-electron chi connectivity index (χ0n) is 15.0. The van der Waals surface area contributed by atoms with E-state index in [2.05, 4.69) is 62.4 Å². The molecule has 3 rings (SSSR count). The number of hydrogen-bond acceptors (Lipinski definition) is 0. The maximum Gasteiger partial charge on any atom is -0.0143 e. The molecule has 22 heavy (non-hydrogen) atoms. The predicted octanol–water partition coefficient (Wildman–Crippen LogP) is 7.17. The second kappa shape index (κ2) is 9.25. The zero-order valence-corrected chi connectivity index (χ0v) is 15.0. The van der Waals surface area contributed by atoms with Gasteiger partial charge < -0.3 is 0 Å². The van der Waals surface area contributed by atoms with Gasteiger partial charge in [-0.2, -0.15) is 0 Å². The van der Waals surface area contributed by atoms with Crippen molar-refractivity contribution in [2.24, 2.45) is 0 Å². The molecule has 3 aromatic carbocycles. The van der Waals surface area contributed by atoms with Gasteiger partial charge in [0.2, 0.25) is 0 Å². The van der Waals surface area contributed by atoms with Crippen LogP contribution in [-0.4, -0.2) is 0 Å². The summed E-state index contributed by atoms with van der Waals surface area (Å²) in [5, 5.41) is 5.71. The van der Waals surface area contributed by atoms with Crippen LogP contribution >= 0.6 is 0 Å². The summed E-state index contributed by atoms with van der Waals surface area (Å²) < 4.78 is 0. The molecule has 118 valence electrons. The standard InChI is InChI=1S/C18H18.2C2H6/c1-3-13-15-9-5-7-11-17(15)14(4-2)18-12-8-6-10-16(13)18;2*1-2/h5-12H,3-4H2,1-2H3;2*1-2H3. The molecular weight excluding hydrogens is 264 g/mol. The Labute approximate surface area is 136 Å². The highest BCUT2D eigenvalue weighted by atomic mass is 14.1. The number of aryl methyl sites for hydroxylation is 2. The van der Waals surface area contributed by atoms with E-state index in [9.17, 15) is 0 Å². The molecular formula is C22H30. The van der Waals surface area contributed by atoms with E-state index in [1.54, 1.807) is 0 Å². The molecule has 0 aliphatic carbocycles. The van der Waals surface area contributed by atoms with Crippen molar-refractivity contribution in [3.8, 4) is 0 Å². The summed E-state index contributed by atoms with van der Waals surface area (Å²) >= 11 is 0. The Balaban J connectivity index is 0.000000561. The van der Waals surface area contributed by atoms with Crippen LogP contribution in [0.2, 0.25) is 0 Å². The minimum atomic E-state index is 1.09. The minimum Gasteiger partial charge on any atom is -0.0683 e. The molecule has 0 nitrogen and oxygen atoms in total. The van der Waals surface area contributed by atoms with Gasteiger partial charge in [-0.25, -0.2) is 0 Å². The first-order valence-electron chi connectivity index (χ1n) is 8.78. The molecule has 0 amide bonds. The fourth-order valence-corrected chi connectivity index (χ4v) is 3.07. The van der Waals surface area contributed by atoms with Crippen LogP contribution < -0.4 is 0 Å². The van der Waals surface area contributed by atoms with Gasteiger partial charge in [0.1, 0.15) is 0 Å². The highest BCUT2D eigenvalue weighted by molar-refractivity contribution is 6.05. The maximum atomic E-state index is 2.26. The summed E-state index contributed by atoms with van der Waals surface area (Å²) in [4.78, 5) is 0. The van der Waals surface area contributed by atoms with Crippen LogP contribution in [0.15, 0.2) is 48.5 Å². The third kappa shape index (κ3) is 3.32. The van der Waals surface area contributed by atoms with E-state index in [1.165, 1.54) is 32.7 Å². The quantitative estimate of drug-likeness (QED) is 0.439. The van der Waals surface area contributed by atoms with Crippen molar-refractivity contribution < 1.29 is 0 Å². The van der Waals surface area contributed by atoms with Crippen molar-refractivity contribution in [1.29, 1.82) is 0 Å². The second-order valence-corrected chi connectivity index (χ2v) is 4.76. The van der Waals surface area contributed by atoms with Gasteiger partial charge in [-0.05, 0) is 45.5 Å². The summed E-state index contributed by atoms with van der Waals surface area (Å²) in [7, 11) is 0. The second-order valence-electron chi connectivity index (χ2n) is 4.76. The van der Waals surface area contributed by atoms with Crippen LogP contribution in [-0.2, 0) is 12.8 Å². The van der Waals surface area contributed by atoms with Crippen LogP contribution in [0.25, 0.3) is 21.5 Å². The first-order valence-corrected chi connectivity index (χ1v) is 8.78. The summed E-state index contributed by atoms with van der Waals surface area (Å²) in [6, 6.07) is 17.6. The van der Waals surface area contributed by atoms with Gasteiger partial charge in [-0.1, -0.05) is 90.1 Å². The average molecular weight is 294 g/mol. The molecule has 0 radical (unpaired) electrons. The number of hydrogen-bond donors (Lipinski definition) is 0. The molecule has 0 aromatic heterocycles. The lowest BCUT2D eigenvalue weighted by atomic mass is 9.90. The third-order valence-corrected chi connectivity index (χ3v) is 3.86. The van der Waals surface area contributed by atoms with Crippen LogP contribution in [0.5, 0.6) is 0 Å². The summed E-state index contributed by atoms with van der Waals surface area (Å²) in [5.74, 6) is 0. The smallest absolute Gasteiger partial charge is 0.0143 e. The van der Waals surface area contributed by atoms with E-state index in [0.29, 0.717) is 0 Å². The lowest BCUT2D eigenvalue weighted by molar-refractivity contribution is 1.15. The van der Waals surface area contributed by atoms with E-state index in [4.69, 9.17) is 0 Å². The van der Waals surface area contributed by atoms with Crippen molar-refractivity contribution in [3.63, 3.8) is 0 Å². The molecule has 0 aliphatic rings. The van der Waals surface area contributed by atoms with Gasteiger partial charge in [0, 0.05) is 0 Å². The van der Waals surface area contributed by atoms with Gasteiger partial charge in [0.25, 0.3) is 0 Å². The van der Waals surface area contributed by atoms with E-state index < -0.39 is 0 Å². The molecule has 0 atom stereocenters. The maximum absolute atomic E-state index is 2.26. The Morgan fingerprint density at radius 1 is 0.500 bits per heavy atom. The molecule has 3 aromatic rings. The molecule has 0 heteroatoms. The summed E-state index contributed by atoms with van der Waals surface area (Å²) in [6.07, 6.45) is 2.18. The topological polar surface area (TPSA) is 0 Å². The predicted molar refractivity (Wildman–Crippen MR) is 103 cm³/mol. The Bertz CT molecular complexity index is 589. The molecule has 0 heterocycles. The fourth-order valence-electron chi connectivity index (χ4n) is 3.07. The van der Waals surface area contributed by atoms with Crippen molar-refractivity contribution >= 4 is 21.5 Å². The molecule has 0 bridgehead atoms. The normalized spacial score (nSPS) is 9.73. The largest absolute Gasteiger partial charge is 0.0683 e. The monoisotopic (exact) mass is 294 g/mol. The molecule has 0 N–H and O–H groups in total. The fraction of sp³-hybridized carbons (Fsp3) is 0.364. The lowest BCUT2D eigenvalue weighted by Crippen LogP contribution is -1.93. The number of benzene rings is 3. The van der Waals surface area contributed by atoms with Crippen LogP contribution in [0.1, 0.15) is 52.7 Å². The van der Waals surface area contributed by atoms with Crippen molar-refractivity contribution in [2.75, 3.05) is 0 Å². The third-order valence-electron chi connectivity index (χ3n) is 3.86. The number of rotatable bonds is 2. The van der Waals surface area contributed by atoms with Crippen molar-refractivity contribution in [1.82, 2.24) is 0 Å². The highest BCUT2D eigenvalue weighted by Crippen LogP contribution is 2.33. The summed E-state index contributed by atoms with van der Waals surface area (Å²) in [6.45, 7) is 12.5. The average Bonchev–Trinajstić information content (AvgIpc) is 2.63. The Morgan fingerprint density at radius 2 is 0.727 bits per heavy atom. The number of fused-ring (bicyclic) bond motifs is 2. The first-order chi connectivity index (χ1) is 10.9. The lowest BCUT2D eigenvalue weighted by Gasteiger charge is -2.14. The molecule has 0 aliphatic heterocycles. The Hall–Kier alpha value is -1.82. The van der Waals surface area contributed by atoms with Crippen LogP contribution in [0.3, 0.4) is 0 Å². The Kier molecular flexibility index (Phi) is 7.66. The van der Waals surface area contributed by atoms with Gasteiger partial charge in [-0.15, -0.1) is 0 Å². The van der Waals surface area contributed by atoms with Gasteiger partial charge >= 0.3 is 0 Å². The van der Waals surface area contributed by atoms with E-state index in [-0.39, 0.29) is 0 Å². The molecule has 0 spiro atoms. The first kappa shape index (κ1) is 18.2. The highest BCUT2D eigenvalue weighted by Gasteiger charge is 2.10. The zero-order chi connectivity index (χ0) is 16.5. The van der Waals surface area contributed by atoms with Gasteiger partial charge in [0.05, 0.1) is 0 Å². The SMILES string of the molecule is CC.CC.CCc1c2ccccc2c(CC)c2ccccc12. The van der Waals surface area contributed by atoms with Crippen molar-refractivity contribution in [3.05, 3.63) is 59.7 Å². The molecule has 0 unspecified atom stereocenters. The molecule has 0 saturated carbocycles. The van der Waals surface area contributed by atoms with Crippen molar-refractivity contribution in [2.45, 2.75) is 54.4 Å². The van der Waals surface area contributed by atoms with E-state index >= 15 is 0 Å². The molecule has 0 fully saturated rings. The van der Waals surface area contributed by atoms with Crippen LogP contribution in [0.4, 0.5) is 0 Å².